The van der Waals surface area contributed by atoms with Crippen molar-refractivity contribution in [1.29, 1.82) is 0 Å². The summed E-state index contributed by atoms with van der Waals surface area (Å²) < 4.78 is 1.54. The van der Waals surface area contributed by atoms with E-state index >= 15 is 0 Å². The minimum Gasteiger partial charge on any atom is -0.309 e. The zero-order valence-corrected chi connectivity index (χ0v) is 9.71. The van der Waals surface area contributed by atoms with Gasteiger partial charge in [0.2, 0.25) is 5.91 Å². The van der Waals surface area contributed by atoms with Crippen molar-refractivity contribution in [2.75, 3.05) is 5.32 Å². The van der Waals surface area contributed by atoms with Crippen molar-refractivity contribution in [2.45, 2.75) is 20.4 Å². The summed E-state index contributed by atoms with van der Waals surface area (Å²) in [4.78, 5) is 15.8. The first-order chi connectivity index (χ1) is 8.16. The average molecular weight is 231 g/mol. The molecule has 0 unspecified atom stereocenters. The Morgan fingerprint density at radius 3 is 2.94 bits per heavy atom. The van der Waals surface area contributed by atoms with Crippen LogP contribution < -0.4 is 5.32 Å². The predicted molar refractivity (Wildman–Crippen MR) is 62.4 cm³/mol. The number of pyridine rings is 1. The van der Waals surface area contributed by atoms with Crippen LogP contribution in [0.25, 0.3) is 0 Å². The zero-order valence-electron chi connectivity index (χ0n) is 9.71. The Morgan fingerprint density at radius 1 is 1.47 bits per heavy atom. The summed E-state index contributed by atoms with van der Waals surface area (Å²) in [6.45, 7) is 3.88. The summed E-state index contributed by atoms with van der Waals surface area (Å²) >= 11 is 0. The molecule has 2 rings (SSSR count). The Hall–Kier alpha value is -2.24. The third-order valence-corrected chi connectivity index (χ3v) is 2.37. The molecule has 0 spiro atoms. The molecule has 0 aromatic carbocycles. The lowest BCUT2D eigenvalue weighted by molar-refractivity contribution is -0.117. The molecule has 0 saturated carbocycles. The van der Waals surface area contributed by atoms with Crippen LogP contribution in [0.15, 0.2) is 24.5 Å². The summed E-state index contributed by atoms with van der Waals surface area (Å²) in [7, 11) is 0. The van der Waals surface area contributed by atoms with Crippen molar-refractivity contribution in [2.24, 2.45) is 0 Å². The van der Waals surface area contributed by atoms with E-state index in [4.69, 9.17) is 0 Å². The minimum atomic E-state index is -0.166. The highest BCUT2D eigenvalue weighted by atomic mass is 16.2. The number of hydrogen-bond donors (Lipinski definition) is 1. The second-order valence-electron chi connectivity index (χ2n) is 3.75. The number of hydrogen-bond acceptors (Lipinski definition) is 4. The zero-order chi connectivity index (χ0) is 12.3. The molecule has 6 nitrogen and oxygen atoms in total. The van der Waals surface area contributed by atoms with Crippen LogP contribution in [0.3, 0.4) is 0 Å². The fourth-order valence-corrected chi connectivity index (χ4v) is 1.39. The standard InChI is InChI=1S/C11H13N5O/c1-8-4-3-5-12-11(8)14-10(17)7-16-9(2)6-13-15-16/h3-6H,7H2,1-2H3,(H,12,14,17). The van der Waals surface area contributed by atoms with Gasteiger partial charge in [-0.25, -0.2) is 9.67 Å². The molecule has 88 valence electrons. The van der Waals surface area contributed by atoms with Crippen LogP contribution in [0.2, 0.25) is 0 Å². The SMILES string of the molecule is Cc1cccnc1NC(=O)Cn1nncc1C. The number of carbonyl (C=O) groups excluding carboxylic acids is 1. The number of amides is 1. The van der Waals surface area contributed by atoms with Crippen LogP contribution in [-0.2, 0) is 11.3 Å². The average Bonchev–Trinajstić information content (AvgIpc) is 2.68. The van der Waals surface area contributed by atoms with Gasteiger partial charge in [-0.2, -0.15) is 0 Å². The Kier molecular flexibility index (Phi) is 3.13. The van der Waals surface area contributed by atoms with E-state index in [2.05, 4.69) is 20.6 Å². The predicted octanol–water partition coefficient (Wildman–Crippen LogP) is 0.929. The maximum absolute atomic E-state index is 11.7. The molecule has 0 saturated heterocycles. The monoisotopic (exact) mass is 231 g/mol. The summed E-state index contributed by atoms with van der Waals surface area (Å²) in [6.07, 6.45) is 3.25. The summed E-state index contributed by atoms with van der Waals surface area (Å²) in [5.41, 5.74) is 1.77. The quantitative estimate of drug-likeness (QED) is 0.852. The Balaban J connectivity index is 2.03. The number of nitrogens with zero attached hydrogens (tertiary/aromatic N) is 4. The van der Waals surface area contributed by atoms with Gasteiger partial charge in [0, 0.05) is 6.20 Å². The van der Waals surface area contributed by atoms with E-state index in [-0.39, 0.29) is 12.5 Å². The smallest absolute Gasteiger partial charge is 0.247 e. The third kappa shape index (κ3) is 2.66. The maximum atomic E-state index is 11.7. The molecule has 0 aliphatic heterocycles. The molecule has 0 fully saturated rings. The highest BCUT2D eigenvalue weighted by Gasteiger charge is 2.08. The molecule has 2 aromatic heterocycles. The van der Waals surface area contributed by atoms with E-state index in [1.165, 1.54) is 4.68 Å². The number of aryl methyl sites for hydroxylation is 2. The van der Waals surface area contributed by atoms with Crippen LogP contribution >= 0.6 is 0 Å². The fraction of sp³-hybridized carbons (Fsp3) is 0.273. The largest absolute Gasteiger partial charge is 0.309 e. The minimum absolute atomic E-state index is 0.141. The number of aromatic nitrogens is 4. The van der Waals surface area contributed by atoms with Gasteiger partial charge in [0.1, 0.15) is 12.4 Å². The molecule has 0 atom stereocenters. The van der Waals surface area contributed by atoms with Crippen LogP contribution in [0.4, 0.5) is 5.82 Å². The normalized spacial score (nSPS) is 10.2. The van der Waals surface area contributed by atoms with Gasteiger partial charge in [-0.1, -0.05) is 11.3 Å². The fourth-order valence-electron chi connectivity index (χ4n) is 1.39. The van der Waals surface area contributed by atoms with Crippen LogP contribution in [0, 0.1) is 13.8 Å². The lowest BCUT2D eigenvalue weighted by Crippen LogP contribution is -2.21. The molecule has 0 bridgehead atoms. The highest BCUT2D eigenvalue weighted by Crippen LogP contribution is 2.09. The van der Waals surface area contributed by atoms with E-state index in [1.54, 1.807) is 12.4 Å². The molecule has 0 aliphatic carbocycles. The van der Waals surface area contributed by atoms with Gasteiger partial charge in [0.25, 0.3) is 0 Å². The molecule has 1 amide bonds. The number of rotatable bonds is 3. The molecule has 6 heteroatoms. The molecule has 2 heterocycles. The first-order valence-electron chi connectivity index (χ1n) is 5.23. The number of nitrogens with one attached hydrogen (secondary N) is 1. The number of anilines is 1. The Labute approximate surface area is 98.7 Å². The summed E-state index contributed by atoms with van der Waals surface area (Å²) in [6, 6.07) is 3.72. The summed E-state index contributed by atoms with van der Waals surface area (Å²) in [5, 5.41) is 10.3. The molecule has 17 heavy (non-hydrogen) atoms. The van der Waals surface area contributed by atoms with Gasteiger partial charge < -0.3 is 5.32 Å². The van der Waals surface area contributed by atoms with E-state index in [0.29, 0.717) is 5.82 Å². The second kappa shape index (κ2) is 4.73. The van der Waals surface area contributed by atoms with Crippen LogP contribution in [0.1, 0.15) is 11.3 Å². The molecular formula is C11H13N5O. The van der Waals surface area contributed by atoms with Gasteiger partial charge >= 0.3 is 0 Å². The van der Waals surface area contributed by atoms with Crippen LogP contribution in [-0.4, -0.2) is 25.9 Å². The van der Waals surface area contributed by atoms with Crippen molar-refractivity contribution >= 4 is 11.7 Å². The lowest BCUT2D eigenvalue weighted by Gasteiger charge is -2.07. The molecule has 1 N–H and O–H groups in total. The lowest BCUT2D eigenvalue weighted by atomic mass is 10.3. The van der Waals surface area contributed by atoms with Gasteiger partial charge in [-0.05, 0) is 25.5 Å². The molecule has 0 aliphatic rings. The summed E-state index contributed by atoms with van der Waals surface area (Å²) in [5.74, 6) is 0.413. The van der Waals surface area contributed by atoms with Crippen molar-refractivity contribution in [3.05, 3.63) is 35.8 Å². The molecular weight excluding hydrogens is 218 g/mol. The third-order valence-electron chi connectivity index (χ3n) is 2.37. The van der Waals surface area contributed by atoms with E-state index < -0.39 is 0 Å². The Morgan fingerprint density at radius 2 is 2.29 bits per heavy atom. The molecule has 2 aromatic rings. The van der Waals surface area contributed by atoms with Crippen molar-refractivity contribution in [1.82, 2.24) is 20.0 Å². The first-order valence-corrected chi connectivity index (χ1v) is 5.23. The van der Waals surface area contributed by atoms with Crippen molar-refractivity contribution in [3.63, 3.8) is 0 Å². The van der Waals surface area contributed by atoms with E-state index in [1.807, 2.05) is 26.0 Å². The van der Waals surface area contributed by atoms with E-state index in [0.717, 1.165) is 11.3 Å². The first kappa shape index (κ1) is 11.3. The topological polar surface area (TPSA) is 72.7 Å². The Bertz CT molecular complexity index is 534. The van der Waals surface area contributed by atoms with Gasteiger partial charge in [0.05, 0.1) is 11.9 Å². The van der Waals surface area contributed by atoms with Crippen molar-refractivity contribution in [3.8, 4) is 0 Å². The number of carbonyl (C=O) groups is 1. The van der Waals surface area contributed by atoms with Gasteiger partial charge in [-0.3, -0.25) is 4.79 Å². The molecule has 0 radical (unpaired) electrons. The maximum Gasteiger partial charge on any atom is 0.247 e. The van der Waals surface area contributed by atoms with Gasteiger partial charge in [0.15, 0.2) is 0 Å². The van der Waals surface area contributed by atoms with Crippen molar-refractivity contribution < 1.29 is 4.79 Å². The van der Waals surface area contributed by atoms with Crippen LogP contribution in [0.5, 0.6) is 0 Å². The second-order valence-corrected chi connectivity index (χ2v) is 3.75. The van der Waals surface area contributed by atoms with Gasteiger partial charge in [-0.15, -0.1) is 5.10 Å². The van der Waals surface area contributed by atoms with E-state index in [9.17, 15) is 4.79 Å². The highest BCUT2D eigenvalue weighted by molar-refractivity contribution is 5.90.